The van der Waals surface area contributed by atoms with Crippen LogP contribution in [0.5, 0.6) is 0 Å². The molecule has 1 atom stereocenters. The van der Waals surface area contributed by atoms with Crippen molar-refractivity contribution in [2.45, 2.75) is 25.7 Å². The number of rotatable bonds is 2. The second kappa shape index (κ2) is 4.61. The van der Waals surface area contributed by atoms with E-state index >= 15 is 0 Å². The first-order valence-corrected chi connectivity index (χ1v) is 6.55. The predicted octanol–water partition coefficient (Wildman–Crippen LogP) is 2.46. The van der Waals surface area contributed by atoms with Crippen LogP contribution in [0.15, 0.2) is 22.7 Å². The summed E-state index contributed by atoms with van der Waals surface area (Å²) in [7, 11) is 2.02. The number of furan rings is 1. The lowest BCUT2D eigenvalue weighted by molar-refractivity contribution is 0.441. The monoisotopic (exact) mass is 245 g/mol. The van der Waals surface area contributed by atoms with Gasteiger partial charge in [-0.15, -0.1) is 0 Å². The van der Waals surface area contributed by atoms with Gasteiger partial charge >= 0.3 is 0 Å². The van der Waals surface area contributed by atoms with Crippen LogP contribution in [0.4, 0.5) is 0 Å². The highest BCUT2D eigenvalue weighted by Gasteiger charge is 2.23. The third-order valence-electron chi connectivity index (χ3n) is 3.67. The number of aryl methyl sites for hydroxylation is 2. The van der Waals surface area contributed by atoms with E-state index in [4.69, 9.17) is 4.42 Å². The van der Waals surface area contributed by atoms with E-state index in [1.165, 1.54) is 18.5 Å². The fraction of sp³-hybridized carbons (Fsp3) is 0.500. The molecule has 96 valence electrons. The van der Waals surface area contributed by atoms with Gasteiger partial charge in [-0.2, -0.15) is 5.10 Å². The third-order valence-corrected chi connectivity index (χ3v) is 3.67. The molecular weight excluding hydrogens is 226 g/mol. The van der Waals surface area contributed by atoms with E-state index in [1.54, 1.807) is 0 Å². The zero-order valence-electron chi connectivity index (χ0n) is 10.9. The topological polar surface area (TPSA) is 43.0 Å². The molecule has 2 aromatic rings. The molecule has 0 aromatic carbocycles. The zero-order valence-corrected chi connectivity index (χ0v) is 10.9. The largest absolute Gasteiger partial charge is 0.461 e. The Labute approximate surface area is 107 Å². The lowest BCUT2D eigenvalue weighted by atomic mass is 9.93. The van der Waals surface area contributed by atoms with Crippen LogP contribution in [0.2, 0.25) is 0 Å². The maximum atomic E-state index is 5.74. The number of hydrogen-bond acceptors (Lipinski definition) is 3. The van der Waals surface area contributed by atoms with Crippen LogP contribution in [-0.4, -0.2) is 22.9 Å². The Morgan fingerprint density at radius 3 is 3.00 bits per heavy atom. The molecule has 4 heteroatoms. The Morgan fingerprint density at radius 2 is 2.33 bits per heavy atom. The van der Waals surface area contributed by atoms with E-state index in [1.807, 2.05) is 37.0 Å². The molecule has 0 bridgehead atoms. The smallest absolute Gasteiger partial charge is 0.137 e. The van der Waals surface area contributed by atoms with Crippen molar-refractivity contribution in [1.82, 2.24) is 15.1 Å². The minimum atomic E-state index is 0.534. The van der Waals surface area contributed by atoms with E-state index < -0.39 is 0 Å². The summed E-state index contributed by atoms with van der Waals surface area (Å²) < 4.78 is 7.73. The van der Waals surface area contributed by atoms with E-state index in [0.29, 0.717) is 5.92 Å². The molecule has 1 unspecified atom stereocenters. The van der Waals surface area contributed by atoms with Gasteiger partial charge in [-0.05, 0) is 38.4 Å². The van der Waals surface area contributed by atoms with Crippen LogP contribution in [0.1, 0.15) is 30.2 Å². The number of nitrogens with one attached hydrogen (secondary N) is 1. The molecule has 0 saturated carbocycles. The minimum absolute atomic E-state index is 0.534. The van der Waals surface area contributed by atoms with Crippen molar-refractivity contribution in [2.24, 2.45) is 7.05 Å². The SMILES string of the molecule is Cc1ccc(-c2cnn(C)c2C2CCCNC2)o1. The van der Waals surface area contributed by atoms with E-state index in [-0.39, 0.29) is 0 Å². The second-order valence-electron chi connectivity index (χ2n) is 5.02. The highest BCUT2D eigenvalue weighted by Crippen LogP contribution is 2.33. The number of piperidine rings is 1. The van der Waals surface area contributed by atoms with E-state index in [2.05, 4.69) is 10.4 Å². The molecule has 0 radical (unpaired) electrons. The molecule has 4 nitrogen and oxygen atoms in total. The maximum Gasteiger partial charge on any atom is 0.137 e. The van der Waals surface area contributed by atoms with Gasteiger partial charge in [0.2, 0.25) is 0 Å². The fourth-order valence-electron chi connectivity index (χ4n) is 2.79. The van der Waals surface area contributed by atoms with Crippen LogP contribution < -0.4 is 5.32 Å². The maximum absolute atomic E-state index is 5.74. The molecule has 1 N–H and O–H groups in total. The van der Waals surface area contributed by atoms with Gasteiger partial charge in [-0.1, -0.05) is 0 Å². The van der Waals surface area contributed by atoms with E-state index in [0.717, 1.165) is 30.2 Å². The highest BCUT2D eigenvalue weighted by atomic mass is 16.3. The fourth-order valence-corrected chi connectivity index (χ4v) is 2.79. The lowest BCUT2D eigenvalue weighted by Gasteiger charge is -2.23. The van der Waals surface area contributed by atoms with Gasteiger partial charge in [0.25, 0.3) is 0 Å². The van der Waals surface area contributed by atoms with Crippen LogP contribution in [0, 0.1) is 6.92 Å². The second-order valence-corrected chi connectivity index (χ2v) is 5.02. The van der Waals surface area contributed by atoms with Gasteiger partial charge in [-0.3, -0.25) is 4.68 Å². The van der Waals surface area contributed by atoms with Crippen molar-refractivity contribution in [2.75, 3.05) is 13.1 Å². The van der Waals surface area contributed by atoms with Crippen molar-refractivity contribution in [1.29, 1.82) is 0 Å². The number of aromatic nitrogens is 2. The quantitative estimate of drug-likeness (QED) is 0.883. The van der Waals surface area contributed by atoms with Crippen LogP contribution in [0.3, 0.4) is 0 Å². The Bertz CT molecular complexity index is 535. The first-order chi connectivity index (χ1) is 8.75. The van der Waals surface area contributed by atoms with Crippen molar-refractivity contribution >= 4 is 0 Å². The lowest BCUT2D eigenvalue weighted by Crippen LogP contribution is -2.29. The summed E-state index contributed by atoms with van der Waals surface area (Å²) in [5, 5.41) is 7.87. The van der Waals surface area contributed by atoms with Gasteiger partial charge in [-0.25, -0.2) is 0 Å². The van der Waals surface area contributed by atoms with Gasteiger partial charge in [0.1, 0.15) is 11.5 Å². The molecule has 0 spiro atoms. The predicted molar refractivity (Wildman–Crippen MR) is 70.5 cm³/mol. The van der Waals surface area contributed by atoms with Crippen LogP contribution >= 0.6 is 0 Å². The van der Waals surface area contributed by atoms with Gasteiger partial charge in [0.05, 0.1) is 17.5 Å². The summed E-state index contributed by atoms with van der Waals surface area (Å²) in [6.07, 6.45) is 4.37. The summed E-state index contributed by atoms with van der Waals surface area (Å²) >= 11 is 0. The summed E-state index contributed by atoms with van der Waals surface area (Å²) in [4.78, 5) is 0. The normalized spacial score (nSPS) is 20.2. The molecule has 3 rings (SSSR count). The summed E-state index contributed by atoms with van der Waals surface area (Å²) in [5.74, 6) is 2.41. The molecule has 1 aliphatic rings. The molecular formula is C14H19N3O. The molecule has 0 amide bonds. The first-order valence-electron chi connectivity index (χ1n) is 6.55. The molecule has 2 aromatic heterocycles. The Balaban J connectivity index is 2.00. The molecule has 18 heavy (non-hydrogen) atoms. The van der Waals surface area contributed by atoms with Crippen molar-refractivity contribution in [3.05, 3.63) is 29.8 Å². The minimum Gasteiger partial charge on any atom is -0.461 e. The van der Waals surface area contributed by atoms with Gasteiger partial charge in [0, 0.05) is 19.5 Å². The summed E-state index contributed by atoms with van der Waals surface area (Å²) in [5.41, 5.74) is 2.43. The average molecular weight is 245 g/mol. The molecule has 0 aliphatic carbocycles. The molecule has 1 aliphatic heterocycles. The van der Waals surface area contributed by atoms with Crippen molar-refractivity contribution in [3.8, 4) is 11.3 Å². The van der Waals surface area contributed by atoms with Gasteiger partial charge in [0.15, 0.2) is 0 Å². The molecule has 1 fully saturated rings. The Kier molecular flexibility index (Phi) is 2.96. The van der Waals surface area contributed by atoms with Gasteiger partial charge < -0.3 is 9.73 Å². The Hall–Kier alpha value is -1.55. The van der Waals surface area contributed by atoms with Crippen molar-refractivity contribution < 1.29 is 4.42 Å². The zero-order chi connectivity index (χ0) is 12.5. The highest BCUT2D eigenvalue weighted by molar-refractivity contribution is 5.61. The number of hydrogen-bond donors (Lipinski definition) is 1. The molecule has 1 saturated heterocycles. The first kappa shape index (κ1) is 11.5. The van der Waals surface area contributed by atoms with Crippen molar-refractivity contribution in [3.63, 3.8) is 0 Å². The standard InChI is InChI=1S/C14H19N3O/c1-10-5-6-13(18-10)12-9-16-17(2)14(12)11-4-3-7-15-8-11/h5-6,9,11,15H,3-4,7-8H2,1-2H3. The Morgan fingerprint density at radius 1 is 1.44 bits per heavy atom. The van der Waals surface area contributed by atoms with E-state index in [9.17, 15) is 0 Å². The van der Waals surface area contributed by atoms with Crippen LogP contribution in [-0.2, 0) is 7.05 Å². The summed E-state index contributed by atoms with van der Waals surface area (Å²) in [6, 6.07) is 4.04. The third kappa shape index (κ3) is 1.97. The summed E-state index contributed by atoms with van der Waals surface area (Å²) in [6.45, 7) is 4.14. The number of nitrogens with zero attached hydrogens (tertiary/aromatic N) is 2. The average Bonchev–Trinajstić information content (AvgIpc) is 2.96. The molecule has 3 heterocycles. The van der Waals surface area contributed by atoms with Crippen LogP contribution in [0.25, 0.3) is 11.3 Å².